The van der Waals surface area contributed by atoms with Crippen LogP contribution in [-0.2, 0) is 23.6 Å². The molecule has 2 aromatic rings. The number of rotatable bonds is 5. The largest absolute Gasteiger partial charge is 0.478 e. The number of benzene rings is 1. The van der Waals surface area contributed by atoms with Crippen LogP contribution < -0.4 is 4.72 Å². The number of halogens is 1. The summed E-state index contributed by atoms with van der Waals surface area (Å²) in [5.41, 5.74) is 0.269. The van der Waals surface area contributed by atoms with Gasteiger partial charge in [-0.15, -0.1) is 0 Å². The lowest BCUT2D eigenvalue weighted by atomic mass is 10.1. The Morgan fingerprint density at radius 2 is 2.14 bits per heavy atom. The summed E-state index contributed by atoms with van der Waals surface area (Å²) in [5.74, 6) is -1.90. The van der Waals surface area contributed by atoms with E-state index in [1.165, 1.54) is 10.9 Å². The van der Waals surface area contributed by atoms with Crippen molar-refractivity contribution in [3.63, 3.8) is 0 Å². The summed E-state index contributed by atoms with van der Waals surface area (Å²) in [6, 6.07) is 3.19. The maximum Gasteiger partial charge on any atom is 0.335 e. The van der Waals surface area contributed by atoms with Crippen molar-refractivity contribution in [2.75, 3.05) is 0 Å². The average Bonchev–Trinajstić information content (AvgIpc) is 2.78. The molecule has 0 fully saturated rings. The summed E-state index contributed by atoms with van der Waals surface area (Å²) >= 11 is 0. The van der Waals surface area contributed by atoms with Gasteiger partial charge in [0.05, 0.1) is 17.5 Å². The maximum atomic E-state index is 13.6. The molecule has 2 N–H and O–H groups in total. The minimum Gasteiger partial charge on any atom is -0.478 e. The molecule has 0 bridgehead atoms. The monoisotopic (exact) mass is 327 g/mol. The van der Waals surface area contributed by atoms with Gasteiger partial charge in [0, 0.05) is 19.2 Å². The third-order valence-electron chi connectivity index (χ3n) is 3.23. The van der Waals surface area contributed by atoms with Gasteiger partial charge in [-0.25, -0.2) is 22.3 Å². The first-order chi connectivity index (χ1) is 10.2. The van der Waals surface area contributed by atoms with Gasteiger partial charge < -0.3 is 5.11 Å². The van der Waals surface area contributed by atoms with Crippen molar-refractivity contribution < 1.29 is 22.7 Å². The molecule has 0 atom stereocenters. The molecule has 1 heterocycles. The van der Waals surface area contributed by atoms with Crippen LogP contribution in [-0.4, -0.2) is 29.3 Å². The fourth-order valence-corrected chi connectivity index (χ4v) is 3.04. The number of sulfonamides is 1. The van der Waals surface area contributed by atoms with E-state index >= 15 is 0 Å². The molecule has 0 saturated heterocycles. The normalized spacial score (nSPS) is 11.6. The average molecular weight is 327 g/mol. The van der Waals surface area contributed by atoms with Gasteiger partial charge in [0.2, 0.25) is 10.0 Å². The van der Waals surface area contributed by atoms with Crippen molar-refractivity contribution in [2.45, 2.75) is 18.4 Å². The van der Waals surface area contributed by atoms with Crippen LogP contribution in [0.4, 0.5) is 4.39 Å². The summed E-state index contributed by atoms with van der Waals surface area (Å²) in [4.78, 5) is 10.9. The number of carboxylic acid groups (broad SMARTS) is 1. The SMILES string of the molecule is Cc1c(S(=O)(=O)NCc2cc(C(=O)O)ccc2F)cnn1C. The molecule has 7 nitrogen and oxygen atoms in total. The zero-order valence-corrected chi connectivity index (χ0v) is 12.7. The van der Waals surface area contributed by atoms with Gasteiger partial charge in [-0.3, -0.25) is 4.68 Å². The van der Waals surface area contributed by atoms with E-state index < -0.39 is 21.8 Å². The Morgan fingerprint density at radius 3 is 2.68 bits per heavy atom. The summed E-state index contributed by atoms with van der Waals surface area (Å²) in [6.45, 7) is 1.23. The highest BCUT2D eigenvalue weighted by molar-refractivity contribution is 7.89. The number of carboxylic acids is 1. The highest BCUT2D eigenvalue weighted by atomic mass is 32.2. The van der Waals surface area contributed by atoms with Crippen molar-refractivity contribution >= 4 is 16.0 Å². The second-order valence-electron chi connectivity index (χ2n) is 4.65. The van der Waals surface area contributed by atoms with E-state index in [1.807, 2.05) is 0 Å². The summed E-state index contributed by atoms with van der Waals surface area (Å²) < 4.78 is 41.6. The van der Waals surface area contributed by atoms with Gasteiger partial charge >= 0.3 is 5.97 Å². The van der Waals surface area contributed by atoms with E-state index in [0.717, 1.165) is 18.2 Å². The maximum absolute atomic E-state index is 13.6. The topological polar surface area (TPSA) is 101 Å². The van der Waals surface area contributed by atoms with Crippen LogP contribution in [0.2, 0.25) is 0 Å². The predicted octanol–water partition coefficient (Wildman–Crippen LogP) is 1.04. The van der Waals surface area contributed by atoms with Gasteiger partial charge in [0.25, 0.3) is 0 Å². The molecular formula is C13H14FN3O4S. The molecule has 9 heteroatoms. The van der Waals surface area contributed by atoms with Crippen LogP contribution in [0, 0.1) is 12.7 Å². The van der Waals surface area contributed by atoms with Crippen LogP contribution in [0.15, 0.2) is 29.3 Å². The van der Waals surface area contributed by atoms with Gasteiger partial charge in [-0.05, 0) is 25.1 Å². The molecular weight excluding hydrogens is 313 g/mol. The second kappa shape index (κ2) is 5.85. The number of aryl methyl sites for hydroxylation is 1. The molecule has 1 aromatic carbocycles. The highest BCUT2D eigenvalue weighted by Gasteiger charge is 2.20. The quantitative estimate of drug-likeness (QED) is 0.854. The van der Waals surface area contributed by atoms with E-state index in [9.17, 15) is 17.6 Å². The number of aromatic carboxylic acids is 1. The van der Waals surface area contributed by atoms with Crippen LogP contribution in [0.5, 0.6) is 0 Å². The van der Waals surface area contributed by atoms with Gasteiger partial charge in [-0.2, -0.15) is 5.10 Å². The molecule has 0 radical (unpaired) electrons. The summed E-state index contributed by atoms with van der Waals surface area (Å²) in [6.07, 6.45) is 1.20. The first-order valence-electron chi connectivity index (χ1n) is 6.22. The Balaban J connectivity index is 2.24. The Hall–Kier alpha value is -2.26. The van der Waals surface area contributed by atoms with Crippen molar-refractivity contribution in [3.05, 3.63) is 47.0 Å². The molecule has 0 aliphatic carbocycles. The van der Waals surface area contributed by atoms with Crippen LogP contribution in [0.1, 0.15) is 21.6 Å². The van der Waals surface area contributed by atoms with E-state index in [-0.39, 0.29) is 22.6 Å². The standard InChI is InChI=1S/C13H14FN3O4S/c1-8-12(7-15-17(8)2)22(20,21)16-6-10-5-9(13(18)19)3-4-11(10)14/h3-5,7,16H,6H2,1-2H3,(H,18,19). The summed E-state index contributed by atoms with van der Waals surface area (Å²) in [7, 11) is -2.26. The van der Waals surface area contributed by atoms with Crippen LogP contribution in [0.3, 0.4) is 0 Å². The van der Waals surface area contributed by atoms with Crippen molar-refractivity contribution in [2.24, 2.45) is 7.05 Å². The number of nitrogens with one attached hydrogen (secondary N) is 1. The molecule has 0 amide bonds. The first-order valence-corrected chi connectivity index (χ1v) is 7.70. The fourth-order valence-electron chi connectivity index (χ4n) is 1.84. The minimum absolute atomic E-state index is 0.00945. The Bertz CT molecular complexity index is 830. The molecule has 0 unspecified atom stereocenters. The third-order valence-corrected chi connectivity index (χ3v) is 4.73. The van der Waals surface area contributed by atoms with Gasteiger partial charge in [0.1, 0.15) is 10.7 Å². The first kappa shape index (κ1) is 16.1. The van der Waals surface area contributed by atoms with E-state index in [2.05, 4.69) is 9.82 Å². The fraction of sp³-hybridized carbons (Fsp3) is 0.231. The molecule has 22 heavy (non-hydrogen) atoms. The number of carbonyl (C=O) groups is 1. The van der Waals surface area contributed by atoms with E-state index in [1.54, 1.807) is 14.0 Å². The number of aromatic nitrogens is 2. The Morgan fingerprint density at radius 1 is 1.45 bits per heavy atom. The molecule has 0 aliphatic heterocycles. The van der Waals surface area contributed by atoms with Crippen molar-refractivity contribution in [3.8, 4) is 0 Å². The van der Waals surface area contributed by atoms with Gasteiger partial charge in [0.15, 0.2) is 0 Å². The number of hydrogen-bond acceptors (Lipinski definition) is 4. The number of hydrogen-bond donors (Lipinski definition) is 2. The van der Waals surface area contributed by atoms with E-state index in [4.69, 9.17) is 5.11 Å². The zero-order chi connectivity index (χ0) is 16.5. The predicted molar refractivity (Wildman–Crippen MR) is 75.3 cm³/mol. The lowest BCUT2D eigenvalue weighted by Gasteiger charge is -2.08. The summed E-state index contributed by atoms with van der Waals surface area (Å²) in [5, 5.41) is 12.7. The van der Waals surface area contributed by atoms with Crippen molar-refractivity contribution in [1.82, 2.24) is 14.5 Å². The van der Waals surface area contributed by atoms with Crippen LogP contribution in [0.25, 0.3) is 0 Å². The highest BCUT2D eigenvalue weighted by Crippen LogP contribution is 2.15. The zero-order valence-electron chi connectivity index (χ0n) is 11.9. The molecule has 2 rings (SSSR count). The molecule has 0 saturated carbocycles. The minimum atomic E-state index is -3.87. The smallest absolute Gasteiger partial charge is 0.335 e. The molecule has 0 spiro atoms. The molecule has 0 aliphatic rings. The van der Waals surface area contributed by atoms with Gasteiger partial charge in [-0.1, -0.05) is 0 Å². The second-order valence-corrected chi connectivity index (χ2v) is 6.39. The third kappa shape index (κ3) is 3.15. The van der Waals surface area contributed by atoms with Crippen LogP contribution >= 0.6 is 0 Å². The number of nitrogens with zero attached hydrogens (tertiary/aromatic N) is 2. The van der Waals surface area contributed by atoms with E-state index in [0.29, 0.717) is 5.69 Å². The van der Waals surface area contributed by atoms with Crippen molar-refractivity contribution in [1.29, 1.82) is 0 Å². The molecule has 118 valence electrons. The lowest BCUT2D eigenvalue weighted by molar-refractivity contribution is 0.0696. The molecule has 1 aromatic heterocycles. The lowest BCUT2D eigenvalue weighted by Crippen LogP contribution is -2.24. The Labute approximate surface area is 126 Å². The Kier molecular flexibility index (Phi) is 4.29.